The largest absolute Gasteiger partial charge is 0.416 e. The molecule has 1 amide bonds. The molecule has 1 heterocycles. The van der Waals surface area contributed by atoms with E-state index < -0.39 is 17.6 Å². The normalized spacial score (nSPS) is 11.5. The van der Waals surface area contributed by atoms with Crippen molar-refractivity contribution in [2.24, 2.45) is 0 Å². The lowest BCUT2D eigenvalue weighted by atomic mass is 10.2. The van der Waals surface area contributed by atoms with Crippen LogP contribution in [0.1, 0.15) is 15.2 Å². The van der Waals surface area contributed by atoms with E-state index in [-0.39, 0.29) is 20.3 Å². The lowest BCUT2D eigenvalue weighted by molar-refractivity contribution is -0.137. The highest BCUT2D eigenvalue weighted by Gasteiger charge is 2.31. The highest BCUT2D eigenvalue weighted by molar-refractivity contribution is 7.12. The van der Waals surface area contributed by atoms with Crippen molar-refractivity contribution in [3.05, 3.63) is 73.5 Å². The van der Waals surface area contributed by atoms with Gasteiger partial charge in [-0.15, -0.1) is 0 Å². The molecular formula is C17H9ClF3NO2S. The smallest absolute Gasteiger partial charge is 0.320 e. The number of carbonyl (C=O) groups is 1. The minimum atomic E-state index is -4.56. The van der Waals surface area contributed by atoms with Crippen LogP contribution in [0, 0.1) is 0 Å². The number of amides is 1. The van der Waals surface area contributed by atoms with Crippen LogP contribution in [0.5, 0.6) is 0 Å². The summed E-state index contributed by atoms with van der Waals surface area (Å²) in [5, 5.41) is 3.35. The molecular weight excluding hydrogens is 375 g/mol. The Balaban J connectivity index is 1.97. The highest BCUT2D eigenvalue weighted by atomic mass is 35.5. The monoisotopic (exact) mass is 383 g/mol. The van der Waals surface area contributed by atoms with Crippen LogP contribution in [0.3, 0.4) is 0 Å². The van der Waals surface area contributed by atoms with E-state index in [1.54, 1.807) is 24.3 Å². The Bertz CT molecular complexity index is 1030. The molecule has 0 saturated heterocycles. The second-order valence-corrected chi connectivity index (χ2v) is 6.55. The summed E-state index contributed by atoms with van der Waals surface area (Å²) in [6.07, 6.45) is -4.56. The van der Waals surface area contributed by atoms with Crippen molar-refractivity contribution >= 4 is 45.3 Å². The van der Waals surface area contributed by atoms with Crippen LogP contribution in [0.2, 0.25) is 5.02 Å². The zero-order valence-electron chi connectivity index (χ0n) is 12.4. The molecule has 0 unspecified atom stereocenters. The van der Waals surface area contributed by atoms with Gasteiger partial charge in [0.25, 0.3) is 5.91 Å². The van der Waals surface area contributed by atoms with Gasteiger partial charge < -0.3 is 5.32 Å². The number of hydrogen-bond acceptors (Lipinski definition) is 3. The molecule has 0 spiro atoms. The zero-order chi connectivity index (χ0) is 18.2. The molecule has 0 atom stereocenters. The molecule has 0 aliphatic rings. The predicted octanol–water partition coefficient (Wildman–Crippen LogP) is 5.19. The molecule has 0 bridgehead atoms. The van der Waals surface area contributed by atoms with Gasteiger partial charge in [-0.05, 0) is 35.7 Å². The quantitative estimate of drug-likeness (QED) is 0.662. The van der Waals surface area contributed by atoms with E-state index in [0.29, 0.717) is 22.1 Å². The summed E-state index contributed by atoms with van der Waals surface area (Å²) in [6, 6.07) is 10.9. The molecule has 3 rings (SSSR count). The topological polar surface area (TPSA) is 46.2 Å². The van der Waals surface area contributed by atoms with Gasteiger partial charge in [0.05, 0.1) is 21.2 Å². The number of fused-ring (bicyclic) bond motifs is 1. The summed E-state index contributed by atoms with van der Waals surface area (Å²) >= 11 is 6.58. The van der Waals surface area contributed by atoms with Crippen LogP contribution in [0.4, 0.5) is 18.9 Å². The van der Waals surface area contributed by atoms with Crippen molar-refractivity contribution in [1.82, 2.24) is 0 Å². The van der Waals surface area contributed by atoms with Gasteiger partial charge in [0.2, 0.25) is 4.74 Å². The molecule has 0 saturated carbocycles. The van der Waals surface area contributed by atoms with Gasteiger partial charge in [-0.2, -0.15) is 13.2 Å². The van der Waals surface area contributed by atoms with E-state index >= 15 is 0 Å². The number of carbonyl (C=O) groups excluding carboxylic acids is 1. The van der Waals surface area contributed by atoms with Crippen molar-refractivity contribution in [2.75, 3.05) is 5.32 Å². The van der Waals surface area contributed by atoms with Crippen LogP contribution in [-0.2, 0) is 6.18 Å². The third kappa shape index (κ3) is 3.67. The average molecular weight is 384 g/mol. The SMILES string of the molecule is O=C(Nc1cc(C(F)(F)F)ccc1Cl)c1cc2ccccc2c(=O)s1. The van der Waals surface area contributed by atoms with E-state index in [9.17, 15) is 22.8 Å². The Kier molecular flexibility index (Phi) is 4.53. The second-order valence-electron chi connectivity index (χ2n) is 5.13. The second kappa shape index (κ2) is 6.50. The molecule has 0 fully saturated rings. The molecule has 25 heavy (non-hydrogen) atoms. The number of benzene rings is 2. The molecule has 0 radical (unpaired) electrons. The van der Waals surface area contributed by atoms with E-state index in [4.69, 9.17) is 11.6 Å². The third-order valence-corrected chi connectivity index (χ3v) is 4.69. The predicted molar refractivity (Wildman–Crippen MR) is 92.5 cm³/mol. The lowest BCUT2D eigenvalue weighted by Crippen LogP contribution is -2.14. The number of alkyl halides is 3. The standard InChI is InChI=1S/C17H9ClF3NO2S/c18-12-6-5-10(17(19,20)21)8-13(12)22-15(23)14-7-9-3-1-2-4-11(9)16(24)25-14/h1-8H,(H,22,23). The Labute approximate surface area is 148 Å². The molecule has 0 aliphatic heterocycles. The van der Waals surface area contributed by atoms with Crippen molar-refractivity contribution in [3.63, 3.8) is 0 Å². The lowest BCUT2D eigenvalue weighted by Gasteiger charge is -2.11. The van der Waals surface area contributed by atoms with Crippen molar-refractivity contribution in [1.29, 1.82) is 0 Å². The van der Waals surface area contributed by atoms with Crippen LogP contribution in [0.25, 0.3) is 10.8 Å². The number of rotatable bonds is 2. The molecule has 3 nitrogen and oxygen atoms in total. The van der Waals surface area contributed by atoms with Crippen LogP contribution in [-0.4, -0.2) is 5.91 Å². The van der Waals surface area contributed by atoms with Gasteiger partial charge in [0.15, 0.2) is 0 Å². The molecule has 2 aromatic carbocycles. The van der Waals surface area contributed by atoms with Gasteiger partial charge in [-0.25, -0.2) is 0 Å². The first-order valence-electron chi connectivity index (χ1n) is 6.97. The fourth-order valence-corrected chi connectivity index (χ4v) is 3.22. The molecule has 3 aromatic rings. The maximum absolute atomic E-state index is 12.8. The van der Waals surface area contributed by atoms with Gasteiger partial charge in [-0.3, -0.25) is 9.59 Å². The molecule has 0 aliphatic carbocycles. The fourth-order valence-electron chi connectivity index (χ4n) is 2.23. The molecule has 8 heteroatoms. The van der Waals surface area contributed by atoms with Crippen molar-refractivity contribution in [3.8, 4) is 0 Å². The molecule has 128 valence electrons. The first kappa shape index (κ1) is 17.4. The third-order valence-electron chi connectivity index (χ3n) is 3.44. The maximum atomic E-state index is 12.8. The fraction of sp³-hybridized carbons (Fsp3) is 0.0588. The van der Waals surface area contributed by atoms with Gasteiger partial charge in [0.1, 0.15) is 0 Å². The van der Waals surface area contributed by atoms with Crippen LogP contribution >= 0.6 is 22.9 Å². The number of halogens is 4. The van der Waals surface area contributed by atoms with E-state index in [0.717, 1.165) is 18.2 Å². The van der Waals surface area contributed by atoms with E-state index in [1.165, 1.54) is 6.07 Å². The Morgan fingerprint density at radius 1 is 1.08 bits per heavy atom. The van der Waals surface area contributed by atoms with Crippen molar-refractivity contribution < 1.29 is 18.0 Å². The number of nitrogens with one attached hydrogen (secondary N) is 1. The summed E-state index contributed by atoms with van der Waals surface area (Å²) in [5.74, 6) is -0.700. The summed E-state index contributed by atoms with van der Waals surface area (Å²) in [7, 11) is 0. The average Bonchev–Trinajstić information content (AvgIpc) is 2.55. The van der Waals surface area contributed by atoms with Gasteiger partial charge in [0, 0.05) is 5.39 Å². The summed E-state index contributed by atoms with van der Waals surface area (Å²) in [4.78, 5) is 24.5. The summed E-state index contributed by atoms with van der Waals surface area (Å²) < 4.78 is 38.1. The van der Waals surface area contributed by atoms with E-state index in [2.05, 4.69) is 5.32 Å². The van der Waals surface area contributed by atoms with Crippen LogP contribution < -0.4 is 10.1 Å². The van der Waals surface area contributed by atoms with Crippen molar-refractivity contribution in [2.45, 2.75) is 6.18 Å². The first-order valence-corrected chi connectivity index (χ1v) is 8.16. The zero-order valence-corrected chi connectivity index (χ0v) is 13.9. The molecule has 1 N–H and O–H groups in total. The minimum Gasteiger partial charge on any atom is -0.320 e. The Hall–Kier alpha value is -2.38. The summed E-state index contributed by atoms with van der Waals surface area (Å²) in [5.41, 5.74) is -1.10. The van der Waals surface area contributed by atoms with Gasteiger partial charge in [-0.1, -0.05) is 41.1 Å². The Morgan fingerprint density at radius 2 is 1.80 bits per heavy atom. The Morgan fingerprint density at radius 3 is 2.52 bits per heavy atom. The van der Waals surface area contributed by atoms with Crippen LogP contribution in [0.15, 0.2) is 53.3 Å². The minimum absolute atomic E-state index is 0.0329. The van der Waals surface area contributed by atoms with Gasteiger partial charge >= 0.3 is 6.18 Å². The van der Waals surface area contributed by atoms with E-state index in [1.807, 2.05) is 0 Å². The number of hydrogen-bond donors (Lipinski definition) is 1. The first-order chi connectivity index (χ1) is 11.8. The number of anilines is 1. The maximum Gasteiger partial charge on any atom is 0.416 e. The highest BCUT2D eigenvalue weighted by Crippen LogP contribution is 2.34. The molecule has 1 aromatic heterocycles. The summed E-state index contributed by atoms with van der Waals surface area (Å²) in [6.45, 7) is 0.